The number of piperidine rings is 1. The van der Waals surface area contributed by atoms with Crippen LogP contribution in [0, 0.1) is 15.5 Å². The van der Waals surface area contributed by atoms with Gasteiger partial charge in [-0.3, -0.25) is 24.6 Å². The number of fused-ring (bicyclic) bond motifs is 2. The Balaban J connectivity index is 2.07. The maximum Gasteiger partial charge on any atom is 0.269 e. The molecule has 1 heterocycles. The predicted molar refractivity (Wildman–Crippen MR) is 88.4 cm³/mol. The van der Waals surface area contributed by atoms with Gasteiger partial charge in [-0.15, -0.1) is 0 Å². The van der Waals surface area contributed by atoms with Gasteiger partial charge in [0, 0.05) is 24.1 Å². The van der Waals surface area contributed by atoms with Crippen molar-refractivity contribution in [1.29, 1.82) is 0 Å². The summed E-state index contributed by atoms with van der Waals surface area (Å²) >= 11 is 0. The van der Waals surface area contributed by atoms with Gasteiger partial charge in [-0.05, 0) is 31.2 Å². The minimum atomic E-state index is -0.731. The van der Waals surface area contributed by atoms with Crippen molar-refractivity contribution in [3.8, 4) is 0 Å². The summed E-state index contributed by atoms with van der Waals surface area (Å²) in [6, 6.07) is 6.26. The van der Waals surface area contributed by atoms with E-state index < -0.39 is 15.8 Å². The van der Waals surface area contributed by atoms with Crippen molar-refractivity contribution in [3.05, 3.63) is 39.9 Å². The van der Waals surface area contributed by atoms with Crippen LogP contribution in [0.4, 0.5) is 5.69 Å². The average Bonchev–Trinajstić information content (AvgIpc) is 2.57. The molecule has 1 saturated heterocycles. The van der Waals surface area contributed by atoms with Gasteiger partial charge in [-0.2, -0.15) is 0 Å². The zero-order valence-electron chi connectivity index (χ0n) is 14.1. The van der Waals surface area contributed by atoms with E-state index in [2.05, 4.69) is 0 Å². The molecule has 2 atom stereocenters. The fourth-order valence-electron chi connectivity index (χ4n) is 4.36. The maximum atomic E-state index is 13.2. The van der Waals surface area contributed by atoms with Gasteiger partial charge < -0.3 is 0 Å². The lowest BCUT2D eigenvalue weighted by molar-refractivity contribution is -0.384. The molecule has 128 valence electrons. The van der Waals surface area contributed by atoms with Gasteiger partial charge in [-0.25, -0.2) is 0 Å². The molecule has 6 nitrogen and oxygen atoms in total. The Morgan fingerprint density at radius 3 is 2.42 bits per heavy atom. The molecular weight excluding hydrogens is 308 g/mol. The van der Waals surface area contributed by atoms with E-state index in [0.29, 0.717) is 19.4 Å². The number of non-ortho nitro benzene ring substituents is 1. The molecular formula is C18H22N2O4. The number of hydrogen-bond acceptors (Lipinski definition) is 4. The smallest absolute Gasteiger partial charge is 0.269 e. The minimum Gasteiger partial charge on any atom is -0.281 e. The molecule has 1 saturated carbocycles. The maximum absolute atomic E-state index is 13.2. The first-order valence-corrected chi connectivity index (χ1v) is 8.45. The van der Waals surface area contributed by atoms with Gasteiger partial charge in [0.15, 0.2) is 0 Å². The summed E-state index contributed by atoms with van der Waals surface area (Å²) in [7, 11) is 0. The molecule has 0 spiro atoms. The summed E-state index contributed by atoms with van der Waals surface area (Å²) in [6.07, 6.45) is 3.51. The Morgan fingerprint density at radius 1 is 1.17 bits per heavy atom. The van der Waals surface area contributed by atoms with Crippen LogP contribution in [0.2, 0.25) is 0 Å². The summed E-state index contributed by atoms with van der Waals surface area (Å²) in [5.41, 5.74) is -0.454. The van der Waals surface area contributed by atoms with Crippen LogP contribution < -0.4 is 0 Å². The van der Waals surface area contributed by atoms with Crippen molar-refractivity contribution < 1.29 is 14.5 Å². The number of imide groups is 1. The molecule has 0 N–H and O–H groups in total. The number of nitrogens with zero attached hydrogens (tertiary/aromatic N) is 2. The van der Waals surface area contributed by atoms with Crippen LogP contribution >= 0.6 is 0 Å². The van der Waals surface area contributed by atoms with Crippen molar-refractivity contribution in [2.24, 2.45) is 5.41 Å². The number of rotatable bonds is 4. The second-order valence-corrected chi connectivity index (χ2v) is 7.24. The summed E-state index contributed by atoms with van der Waals surface area (Å²) < 4.78 is 0. The number of carbonyl (C=O) groups is 2. The predicted octanol–water partition coefficient (Wildman–Crippen LogP) is 3.19. The lowest BCUT2D eigenvalue weighted by Crippen LogP contribution is -2.63. The van der Waals surface area contributed by atoms with Crippen LogP contribution in [0.15, 0.2) is 24.3 Å². The highest BCUT2D eigenvalue weighted by molar-refractivity contribution is 6.06. The molecule has 0 aromatic heterocycles. The fraction of sp³-hybridized carbons (Fsp3) is 0.556. The Bertz CT molecular complexity index is 699. The van der Waals surface area contributed by atoms with Gasteiger partial charge >= 0.3 is 0 Å². The molecule has 1 aliphatic heterocycles. The first-order chi connectivity index (χ1) is 11.3. The highest BCUT2D eigenvalue weighted by Crippen LogP contribution is 2.53. The zero-order chi connectivity index (χ0) is 17.5. The van der Waals surface area contributed by atoms with Crippen LogP contribution in [0.3, 0.4) is 0 Å². The van der Waals surface area contributed by atoms with Crippen LogP contribution in [0.1, 0.15) is 51.5 Å². The van der Waals surface area contributed by atoms with Gasteiger partial charge in [0.2, 0.25) is 11.8 Å². The summed E-state index contributed by atoms with van der Waals surface area (Å²) in [6.45, 7) is 4.33. The lowest BCUT2D eigenvalue weighted by Gasteiger charge is -2.52. The van der Waals surface area contributed by atoms with E-state index in [0.717, 1.165) is 24.8 Å². The molecule has 6 heteroatoms. The van der Waals surface area contributed by atoms with E-state index in [9.17, 15) is 19.7 Å². The molecule has 0 radical (unpaired) electrons. The minimum absolute atomic E-state index is 0.0125. The van der Waals surface area contributed by atoms with Crippen molar-refractivity contribution >= 4 is 17.5 Å². The topological polar surface area (TPSA) is 80.5 Å². The molecule has 2 amide bonds. The third-order valence-corrected chi connectivity index (χ3v) is 5.52. The Labute approximate surface area is 141 Å². The molecule has 2 fully saturated rings. The van der Waals surface area contributed by atoms with Crippen molar-refractivity contribution in [2.75, 3.05) is 6.54 Å². The largest absolute Gasteiger partial charge is 0.281 e. The third-order valence-electron chi connectivity index (χ3n) is 5.52. The molecule has 2 aliphatic rings. The number of carbonyl (C=O) groups excluding carboxylic acids is 2. The number of likely N-dealkylation sites (tertiary alicyclic amines) is 1. The number of nitro groups is 1. The number of hydrogen-bond donors (Lipinski definition) is 0. The molecule has 1 aliphatic carbocycles. The standard InChI is InChI=1S/C18H22N2O4/c1-3-11-19-15(21)17(2)9-4-10-18(12-17,16(19)22)13-5-7-14(8-6-13)20(23)24/h5-8H,3-4,9-12H2,1-2H3. The van der Waals surface area contributed by atoms with Crippen LogP contribution in [0.5, 0.6) is 0 Å². The van der Waals surface area contributed by atoms with E-state index in [1.54, 1.807) is 12.1 Å². The summed E-state index contributed by atoms with van der Waals surface area (Å²) in [4.78, 5) is 37.8. The Kier molecular flexibility index (Phi) is 3.94. The molecule has 24 heavy (non-hydrogen) atoms. The SMILES string of the molecule is CCCN1C(=O)C2(C)CCCC(c3ccc([N+](=O)[O-])cc3)(C2)C1=O. The van der Waals surface area contributed by atoms with E-state index in [4.69, 9.17) is 0 Å². The Hall–Kier alpha value is -2.24. The second-order valence-electron chi connectivity index (χ2n) is 7.24. The van der Waals surface area contributed by atoms with Crippen LogP contribution in [-0.4, -0.2) is 28.2 Å². The Morgan fingerprint density at radius 2 is 1.83 bits per heavy atom. The second kappa shape index (κ2) is 5.69. The van der Waals surface area contributed by atoms with Crippen molar-refractivity contribution in [3.63, 3.8) is 0 Å². The average molecular weight is 330 g/mol. The summed E-state index contributed by atoms with van der Waals surface area (Å²) in [5, 5.41) is 10.9. The number of nitro benzene ring substituents is 1. The number of benzene rings is 1. The molecule has 1 aromatic carbocycles. The van der Waals surface area contributed by atoms with E-state index in [-0.39, 0.29) is 17.5 Å². The van der Waals surface area contributed by atoms with Crippen LogP contribution in [-0.2, 0) is 15.0 Å². The molecule has 2 bridgehead atoms. The summed E-state index contributed by atoms with van der Waals surface area (Å²) in [5.74, 6) is -0.202. The van der Waals surface area contributed by atoms with Crippen molar-refractivity contribution in [1.82, 2.24) is 4.90 Å². The van der Waals surface area contributed by atoms with Gasteiger partial charge in [-0.1, -0.05) is 32.4 Å². The van der Waals surface area contributed by atoms with Gasteiger partial charge in [0.25, 0.3) is 5.69 Å². The normalized spacial score (nSPS) is 29.7. The first-order valence-electron chi connectivity index (χ1n) is 8.45. The monoisotopic (exact) mass is 330 g/mol. The van der Waals surface area contributed by atoms with E-state index in [1.807, 2.05) is 13.8 Å². The van der Waals surface area contributed by atoms with Crippen LogP contribution in [0.25, 0.3) is 0 Å². The quantitative estimate of drug-likeness (QED) is 0.482. The van der Waals surface area contributed by atoms with Gasteiger partial charge in [0.1, 0.15) is 0 Å². The highest BCUT2D eigenvalue weighted by Gasteiger charge is 2.58. The molecule has 1 aromatic rings. The lowest BCUT2D eigenvalue weighted by atomic mass is 9.56. The van der Waals surface area contributed by atoms with Gasteiger partial charge in [0.05, 0.1) is 10.3 Å². The first kappa shape index (κ1) is 16.6. The van der Waals surface area contributed by atoms with E-state index in [1.165, 1.54) is 17.0 Å². The molecule has 3 rings (SSSR count). The highest BCUT2D eigenvalue weighted by atomic mass is 16.6. The third kappa shape index (κ3) is 2.32. The fourth-order valence-corrected chi connectivity index (χ4v) is 4.36. The molecule has 2 unspecified atom stereocenters. The van der Waals surface area contributed by atoms with Crippen molar-refractivity contribution in [2.45, 2.75) is 51.4 Å². The zero-order valence-corrected chi connectivity index (χ0v) is 14.1. The number of amides is 2. The van der Waals surface area contributed by atoms with E-state index >= 15 is 0 Å².